The minimum absolute atomic E-state index is 0.0558. The third-order valence-corrected chi connectivity index (χ3v) is 9.34. The molecule has 3 aliphatic carbocycles. The van der Waals surface area contributed by atoms with Crippen LogP contribution in [0.5, 0.6) is 0 Å². The molecular formula is C22H34O6. The zero-order valence-corrected chi connectivity index (χ0v) is 17.2. The van der Waals surface area contributed by atoms with Gasteiger partial charge in [-0.15, -0.1) is 0 Å². The van der Waals surface area contributed by atoms with Crippen molar-refractivity contribution in [1.82, 2.24) is 0 Å². The Labute approximate surface area is 167 Å². The highest BCUT2D eigenvalue weighted by atomic mass is 16.7. The van der Waals surface area contributed by atoms with Crippen LogP contribution in [0.4, 0.5) is 0 Å². The topological polar surface area (TPSA) is 74.2 Å². The minimum atomic E-state index is -0.732. The van der Waals surface area contributed by atoms with Gasteiger partial charge in [0.15, 0.2) is 11.6 Å². The van der Waals surface area contributed by atoms with Crippen molar-refractivity contribution in [2.75, 3.05) is 26.4 Å². The third kappa shape index (κ3) is 2.38. The van der Waals surface area contributed by atoms with Crippen LogP contribution in [0, 0.1) is 28.6 Å². The van der Waals surface area contributed by atoms with Crippen LogP contribution in [0.15, 0.2) is 0 Å². The van der Waals surface area contributed by atoms with Gasteiger partial charge in [0.25, 0.3) is 0 Å². The number of ether oxygens (including phenoxy) is 4. The highest BCUT2D eigenvalue weighted by molar-refractivity contribution is 5.66. The van der Waals surface area contributed by atoms with Gasteiger partial charge in [-0.3, -0.25) is 4.79 Å². The molecule has 6 heteroatoms. The van der Waals surface area contributed by atoms with Crippen molar-refractivity contribution in [3.63, 3.8) is 0 Å². The second-order valence-electron chi connectivity index (χ2n) is 10.1. The molecule has 2 spiro atoms. The lowest BCUT2D eigenvalue weighted by molar-refractivity contribution is -0.302. The second-order valence-corrected chi connectivity index (χ2v) is 10.1. The van der Waals surface area contributed by atoms with Gasteiger partial charge in [-0.25, -0.2) is 0 Å². The van der Waals surface area contributed by atoms with Gasteiger partial charge >= 0.3 is 5.97 Å². The molecule has 0 amide bonds. The average molecular weight is 395 g/mol. The van der Waals surface area contributed by atoms with Crippen molar-refractivity contribution < 1.29 is 28.8 Å². The molecule has 0 bridgehead atoms. The lowest BCUT2D eigenvalue weighted by Gasteiger charge is -2.61. The van der Waals surface area contributed by atoms with E-state index in [2.05, 4.69) is 13.8 Å². The summed E-state index contributed by atoms with van der Waals surface area (Å²) in [5.74, 6) is -0.183. The molecule has 5 atom stereocenters. The molecular weight excluding hydrogens is 360 g/mol. The molecule has 0 aromatic heterocycles. The van der Waals surface area contributed by atoms with Gasteiger partial charge < -0.3 is 24.1 Å². The van der Waals surface area contributed by atoms with Crippen LogP contribution in [-0.4, -0.2) is 49.1 Å². The first-order valence-corrected chi connectivity index (χ1v) is 11.1. The number of carboxylic acid groups (broad SMARTS) is 1. The van der Waals surface area contributed by atoms with E-state index in [0.29, 0.717) is 50.6 Å². The summed E-state index contributed by atoms with van der Waals surface area (Å²) in [6.07, 6.45) is 7.00. The quantitative estimate of drug-likeness (QED) is 0.789. The monoisotopic (exact) mass is 394 g/mol. The first-order chi connectivity index (χ1) is 13.4. The molecule has 1 unspecified atom stereocenters. The van der Waals surface area contributed by atoms with Gasteiger partial charge in [-0.2, -0.15) is 0 Å². The summed E-state index contributed by atoms with van der Waals surface area (Å²) >= 11 is 0. The zero-order valence-electron chi connectivity index (χ0n) is 17.2. The SMILES string of the molecule is C[C@]12CC[C@H]3C(CCC4(OCCO4)[C@]3(C)CCC(=O)O)[C@@H]1CCC21OCCO1. The molecule has 1 N–H and O–H groups in total. The van der Waals surface area contributed by atoms with E-state index < -0.39 is 17.5 Å². The molecule has 28 heavy (non-hydrogen) atoms. The minimum Gasteiger partial charge on any atom is -0.481 e. The molecule has 158 valence electrons. The number of carbonyl (C=O) groups is 1. The summed E-state index contributed by atoms with van der Waals surface area (Å²) < 4.78 is 24.9. The molecule has 0 aromatic carbocycles. The van der Waals surface area contributed by atoms with Crippen LogP contribution in [0.2, 0.25) is 0 Å². The number of hydrogen-bond acceptors (Lipinski definition) is 5. The van der Waals surface area contributed by atoms with E-state index in [1.807, 2.05) is 0 Å². The maximum atomic E-state index is 11.4. The van der Waals surface area contributed by atoms with Crippen molar-refractivity contribution >= 4 is 5.97 Å². The van der Waals surface area contributed by atoms with Crippen molar-refractivity contribution in [1.29, 1.82) is 0 Å². The summed E-state index contributed by atoms with van der Waals surface area (Å²) in [5, 5.41) is 9.40. The zero-order chi connectivity index (χ0) is 19.6. The van der Waals surface area contributed by atoms with Gasteiger partial charge in [0.2, 0.25) is 0 Å². The molecule has 2 aliphatic heterocycles. The summed E-state index contributed by atoms with van der Waals surface area (Å²) in [4.78, 5) is 11.4. The van der Waals surface area contributed by atoms with E-state index in [9.17, 15) is 9.90 Å². The Kier molecular flexibility index (Phi) is 4.41. The predicted octanol–water partition coefficient (Wildman–Crippen LogP) is 3.58. The fourth-order valence-corrected chi connectivity index (χ4v) is 7.96. The molecule has 5 aliphatic rings. The molecule has 2 saturated heterocycles. The van der Waals surface area contributed by atoms with Crippen LogP contribution >= 0.6 is 0 Å². The van der Waals surface area contributed by atoms with Gasteiger partial charge in [-0.05, 0) is 49.9 Å². The van der Waals surface area contributed by atoms with Gasteiger partial charge in [0.1, 0.15) is 0 Å². The Bertz CT molecular complexity index is 637. The van der Waals surface area contributed by atoms with Crippen LogP contribution in [0.25, 0.3) is 0 Å². The molecule has 2 heterocycles. The van der Waals surface area contributed by atoms with Crippen molar-refractivity contribution in [2.24, 2.45) is 28.6 Å². The molecule has 5 fully saturated rings. The van der Waals surface area contributed by atoms with E-state index in [0.717, 1.165) is 38.5 Å². The summed E-state index contributed by atoms with van der Waals surface area (Å²) in [7, 11) is 0. The predicted molar refractivity (Wildman–Crippen MR) is 101 cm³/mol. The van der Waals surface area contributed by atoms with Crippen molar-refractivity contribution in [3.05, 3.63) is 0 Å². The number of hydrogen-bond donors (Lipinski definition) is 1. The van der Waals surface area contributed by atoms with Crippen LogP contribution in [-0.2, 0) is 23.7 Å². The van der Waals surface area contributed by atoms with E-state index >= 15 is 0 Å². The van der Waals surface area contributed by atoms with Gasteiger partial charge in [0.05, 0.1) is 26.4 Å². The highest BCUT2D eigenvalue weighted by Crippen LogP contribution is 2.70. The van der Waals surface area contributed by atoms with E-state index in [4.69, 9.17) is 18.9 Å². The van der Waals surface area contributed by atoms with Crippen molar-refractivity contribution in [2.45, 2.75) is 76.8 Å². The molecule has 0 radical (unpaired) electrons. The maximum Gasteiger partial charge on any atom is 0.303 e. The average Bonchev–Trinajstić information content (AvgIpc) is 3.39. The normalized spacial score (nSPS) is 46.0. The number of carboxylic acids is 1. The summed E-state index contributed by atoms with van der Waals surface area (Å²) in [6, 6.07) is 0. The number of aliphatic carboxylic acids is 1. The Morgan fingerprint density at radius 2 is 1.43 bits per heavy atom. The van der Waals surface area contributed by atoms with E-state index in [1.165, 1.54) is 0 Å². The first kappa shape index (κ1) is 19.3. The van der Waals surface area contributed by atoms with Gasteiger partial charge in [0, 0.05) is 30.1 Å². The lowest BCUT2D eigenvalue weighted by Crippen LogP contribution is -2.62. The summed E-state index contributed by atoms with van der Waals surface area (Å²) in [6.45, 7) is 7.27. The fourth-order valence-electron chi connectivity index (χ4n) is 7.96. The Balaban J connectivity index is 1.47. The Hall–Kier alpha value is -0.690. The maximum absolute atomic E-state index is 11.4. The van der Waals surface area contributed by atoms with E-state index in [1.54, 1.807) is 0 Å². The Morgan fingerprint density at radius 3 is 2.07 bits per heavy atom. The second kappa shape index (κ2) is 6.40. The Morgan fingerprint density at radius 1 is 0.857 bits per heavy atom. The van der Waals surface area contributed by atoms with E-state index in [-0.39, 0.29) is 17.3 Å². The van der Waals surface area contributed by atoms with Crippen molar-refractivity contribution in [3.8, 4) is 0 Å². The largest absolute Gasteiger partial charge is 0.481 e. The molecule has 3 saturated carbocycles. The van der Waals surface area contributed by atoms with Crippen LogP contribution < -0.4 is 0 Å². The first-order valence-electron chi connectivity index (χ1n) is 11.1. The smallest absolute Gasteiger partial charge is 0.303 e. The number of rotatable bonds is 3. The lowest BCUT2D eigenvalue weighted by atomic mass is 9.47. The third-order valence-electron chi connectivity index (χ3n) is 9.34. The molecule has 0 aromatic rings. The van der Waals surface area contributed by atoms with Crippen LogP contribution in [0.3, 0.4) is 0 Å². The molecule has 5 rings (SSSR count). The molecule has 6 nitrogen and oxygen atoms in total. The van der Waals surface area contributed by atoms with Gasteiger partial charge in [-0.1, -0.05) is 13.8 Å². The highest BCUT2D eigenvalue weighted by Gasteiger charge is 2.70. The van der Waals surface area contributed by atoms with Crippen LogP contribution in [0.1, 0.15) is 65.2 Å². The standard InChI is InChI=1S/C22H34O6/c1-19-7-4-16-15(17(19)5-10-22(19)27-13-14-28-22)3-9-21(25-11-12-26-21)20(16,2)8-6-18(23)24/h15-17H,3-14H2,1-2H3,(H,23,24)/t15?,16-,17-,19-,20+/m0/s1. The summed E-state index contributed by atoms with van der Waals surface area (Å²) in [5.41, 5.74) is -0.209. The number of fused-ring (bicyclic) bond motifs is 4. The fraction of sp³-hybridized carbons (Fsp3) is 0.955.